The van der Waals surface area contributed by atoms with E-state index >= 15 is 0 Å². The SMILES string of the molecule is CC(=O)/C=C1/[C@@]2(C)C=C(C#N)C(=O)C(C)(C)[C@@H]2CC[C@@]1(C)C(C)(C)CC[C@@]1(CCC(=O)OCc2ccccc2)CCC(C)(C)CC1C. The maximum Gasteiger partial charge on any atom is 0.306 e. The van der Waals surface area contributed by atoms with Crippen LogP contribution in [0.4, 0.5) is 0 Å². The lowest BCUT2D eigenvalue weighted by atomic mass is 9.42. The first-order valence-corrected chi connectivity index (χ1v) is 17.8. The van der Waals surface area contributed by atoms with Crippen LogP contribution in [0.5, 0.6) is 0 Å². The van der Waals surface area contributed by atoms with E-state index in [0.717, 1.165) is 62.5 Å². The zero-order chi connectivity index (χ0) is 35.1. The number of allylic oxidation sites excluding steroid dienone is 4. The maximum absolute atomic E-state index is 13.4. The lowest BCUT2D eigenvalue weighted by Gasteiger charge is -2.61. The number of carbonyl (C=O) groups excluding carboxylic acids is 3. The first-order chi connectivity index (χ1) is 21.7. The fourth-order valence-corrected chi connectivity index (χ4v) is 9.96. The van der Waals surface area contributed by atoms with Gasteiger partial charge in [0.2, 0.25) is 0 Å². The topological polar surface area (TPSA) is 84.2 Å². The Morgan fingerprint density at radius 3 is 2.28 bits per heavy atom. The number of hydrogen-bond acceptors (Lipinski definition) is 5. The molecule has 1 unspecified atom stereocenters. The number of carbonyl (C=O) groups is 3. The summed E-state index contributed by atoms with van der Waals surface area (Å²) in [5, 5.41) is 10.00. The highest BCUT2D eigenvalue weighted by Gasteiger charge is 2.61. The van der Waals surface area contributed by atoms with Crippen molar-refractivity contribution in [3.8, 4) is 6.07 Å². The van der Waals surface area contributed by atoms with Gasteiger partial charge >= 0.3 is 5.97 Å². The van der Waals surface area contributed by atoms with E-state index in [-0.39, 0.29) is 50.7 Å². The summed E-state index contributed by atoms with van der Waals surface area (Å²) in [6.45, 7) is 22.1. The number of benzene rings is 1. The molecule has 0 radical (unpaired) electrons. The predicted molar refractivity (Wildman–Crippen MR) is 188 cm³/mol. The normalized spacial score (nSPS) is 32.6. The van der Waals surface area contributed by atoms with E-state index in [0.29, 0.717) is 18.9 Å². The van der Waals surface area contributed by atoms with Crippen molar-refractivity contribution in [3.05, 3.63) is 59.2 Å². The summed E-state index contributed by atoms with van der Waals surface area (Å²) < 4.78 is 5.72. The number of nitriles is 1. The van der Waals surface area contributed by atoms with Gasteiger partial charge in [-0.15, -0.1) is 0 Å². The molecule has 2 saturated carbocycles. The minimum absolute atomic E-state index is 0.000802. The van der Waals surface area contributed by atoms with Crippen molar-refractivity contribution in [1.82, 2.24) is 0 Å². The molecule has 47 heavy (non-hydrogen) atoms. The van der Waals surface area contributed by atoms with Gasteiger partial charge in [-0.3, -0.25) is 14.4 Å². The van der Waals surface area contributed by atoms with Crippen LogP contribution in [-0.4, -0.2) is 17.5 Å². The van der Waals surface area contributed by atoms with Crippen LogP contribution in [0.15, 0.2) is 53.6 Å². The average Bonchev–Trinajstić information content (AvgIpc) is 2.99. The van der Waals surface area contributed by atoms with E-state index in [1.807, 2.05) is 56.3 Å². The molecular weight excluding hydrogens is 582 g/mol. The number of Topliss-reactive ketones (excluding diaryl/α,β-unsaturated/α-hetero) is 1. The Balaban J connectivity index is 1.63. The molecule has 0 N–H and O–H groups in total. The number of rotatable bonds is 10. The maximum atomic E-state index is 13.4. The quantitative estimate of drug-likeness (QED) is 0.187. The van der Waals surface area contributed by atoms with Crippen molar-refractivity contribution < 1.29 is 19.1 Å². The van der Waals surface area contributed by atoms with Crippen LogP contribution in [0.1, 0.15) is 133 Å². The number of ketones is 2. The van der Waals surface area contributed by atoms with Gasteiger partial charge in [-0.05, 0) is 103 Å². The monoisotopic (exact) mass is 641 g/mol. The van der Waals surface area contributed by atoms with Gasteiger partial charge in [0.1, 0.15) is 12.7 Å². The second-order valence-electron chi connectivity index (χ2n) is 17.8. The Morgan fingerprint density at radius 2 is 1.68 bits per heavy atom. The third-order valence-corrected chi connectivity index (χ3v) is 13.5. The third kappa shape index (κ3) is 7.09. The second-order valence-corrected chi connectivity index (χ2v) is 17.8. The highest BCUT2D eigenvalue weighted by atomic mass is 16.5. The molecule has 256 valence electrons. The first kappa shape index (κ1) is 36.8. The van der Waals surface area contributed by atoms with Crippen LogP contribution in [0.3, 0.4) is 0 Å². The molecule has 2 fully saturated rings. The van der Waals surface area contributed by atoms with Crippen molar-refractivity contribution in [2.45, 2.75) is 134 Å². The highest BCUT2D eigenvalue weighted by Crippen LogP contribution is 2.67. The Labute approximate surface area is 284 Å². The third-order valence-electron chi connectivity index (χ3n) is 13.5. The standard InChI is InChI=1S/C42H59NO4/c1-29-25-37(3,4)20-22-42(29,19-17-35(45)47-28-31-14-12-11-13-15-31)23-21-38(5,6)41(10)18-16-33-39(7,8)36(46)32(27-43)26-40(33,9)34(41)24-30(2)44/h11-15,24,26,29,33H,16-23,25,28H2,1-10H3/b34-24-/t29?,33-,40-,41+,42+/m0/s1. The Hall–Kier alpha value is -3.00. The summed E-state index contributed by atoms with van der Waals surface area (Å²) in [5.74, 6) is 0.237. The van der Waals surface area contributed by atoms with E-state index in [1.165, 1.54) is 0 Å². The van der Waals surface area contributed by atoms with E-state index in [1.54, 1.807) is 6.92 Å². The van der Waals surface area contributed by atoms with Gasteiger partial charge in [0.05, 0.1) is 5.57 Å². The van der Waals surface area contributed by atoms with Gasteiger partial charge < -0.3 is 4.74 Å². The molecule has 0 saturated heterocycles. The van der Waals surface area contributed by atoms with Crippen LogP contribution in [-0.2, 0) is 25.7 Å². The van der Waals surface area contributed by atoms with Crippen LogP contribution in [0, 0.1) is 55.7 Å². The fourth-order valence-electron chi connectivity index (χ4n) is 9.96. The molecule has 0 bridgehead atoms. The van der Waals surface area contributed by atoms with Gasteiger partial charge in [0.15, 0.2) is 11.6 Å². The zero-order valence-corrected chi connectivity index (χ0v) is 30.8. The molecule has 0 spiro atoms. The van der Waals surface area contributed by atoms with Crippen LogP contribution >= 0.6 is 0 Å². The summed E-state index contributed by atoms with van der Waals surface area (Å²) in [5.41, 5.74) is 0.767. The van der Waals surface area contributed by atoms with Crippen molar-refractivity contribution in [3.63, 3.8) is 0 Å². The van der Waals surface area contributed by atoms with Gasteiger partial charge in [-0.25, -0.2) is 0 Å². The van der Waals surface area contributed by atoms with Gasteiger partial charge in [-0.1, -0.05) is 104 Å². The van der Waals surface area contributed by atoms with Crippen molar-refractivity contribution in [2.24, 2.45) is 44.3 Å². The van der Waals surface area contributed by atoms with Gasteiger partial charge in [-0.2, -0.15) is 5.26 Å². The molecule has 0 amide bonds. The Morgan fingerprint density at radius 1 is 1.02 bits per heavy atom. The molecule has 0 aliphatic heterocycles. The molecule has 3 aliphatic rings. The molecule has 0 heterocycles. The zero-order valence-electron chi connectivity index (χ0n) is 30.8. The van der Waals surface area contributed by atoms with Gasteiger partial charge in [0, 0.05) is 17.3 Å². The van der Waals surface area contributed by atoms with Crippen molar-refractivity contribution >= 4 is 17.5 Å². The summed E-state index contributed by atoms with van der Waals surface area (Å²) in [6, 6.07) is 12.0. The minimum atomic E-state index is -0.695. The lowest BCUT2D eigenvalue weighted by molar-refractivity contribution is -0.146. The molecule has 5 nitrogen and oxygen atoms in total. The smallest absolute Gasteiger partial charge is 0.306 e. The fraction of sp³-hybridized carbons (Fsp3) is 0.667. The Kier molecular flexibility index (Phi) is 10.3. The predicted octanol–water partition coefficient (Wildman–Crippen LogP) is 10.1. The average molecular weight is 642 g/mol. The lowest BCUT2D eigenvalue weighted by Crippen LogP contribution is -2.56. The summed E-state index contributed by atoms with van der Waals surface area (Å²) in [7, 11) is 0. The summed E-state index contributed by atoms with van der Waals surface area (Å²) in [4.78, 5) is 39.3. The van der Waals surface area contributed by atoms with Crippen LogP contribution < -0.4 is 0 Å². The second kappa shape index (κ2) is 13.1. The molecule has 3 aliphatic carbocycles. The first-order valence-electron chi connectivity index (χ1n) is 17.8. The van der Waals surface area contributed by atoms with Crippen molar-refractivity contribution in [1.29, 1.82) is 5.26 Å². The minimum Gasteiger partial charge on any atom is -0.461 e. The molecule has 5 atom stereocenters. The number of ether oxygens (including phenoxy) is 1. The summed E-state index contributed by atoms with van der Waals surface area (Å²) in [6.07, 6.45) is 11.9. The van der Waals surface area contributed by atoms with E-state index < -0.39 is 10.8 Å². The largest absolute Gasteiger partial charge is 0.461 e. The van der Waals surface area contributed by atoms with Crippen LogP contribution in [0.25, 0.3) is 0 Å². The molecule has 1 aromatic carbocycles. The Bertz CT molecular complexity index is 1470. The molecule has 5 heteroatoms. The molecule has 4 rings (SSSR count). The number of esters is 1. The highest BCUT2D eigenvalue weighted by molar-refractivity contribution is 6.04. The molecule has 0 aromatic heterocycles. The summed E-state index contributed by atoms with van der Waals surface area (Å²) >= 11 is 0. The van der Waals surface area contributed by atoms with Crippen molar-refractivity contribution in [2.75, 3.05) is 0 Å². The van der Waals surface area contributed by atoms with E-state index in [9.17, 15) is 19.6 Å². The molecule has 1 aromatic rings. The molecular formula is C42H59NO4. The number of hydrogen-bond donors (Lipinski definition) is 0. The number of fused-ring (bicyclic) bond motifs is 1. The van der Waals surface area contributed by atoms with Gasteiger partial charge in [0.25, 0.3) is 0 Å². The van der Waals surface area contributed by atoms with E-state index in [2.05, 4.69) is 54.5 Å². The number of nitrogens with zero attached hydrogens (tertiary/aromatic N) is 1. The van der Waals surface area contributed by atoms with Crippen LogP contribution in [0.2, 0.25) is 0 Å². The van der Waals surface area contributed by atoms with E-state index in [4.69, 9.17) is 4.74 Å².